The molecule has 2 heterocycles. The van der Waals surface area contributed by atoms with Gasteiger partial charge < -0.3 is 14.5 Å². The van der Waals surface area contributed by atoms with Gasteiger partial charge in [-0.05, 0) is 43.3 Å². The molecular weight excluding hydrogens is 354 g/mol. The van der Waals surface area contributed by atoms with Gasteiger partial charge in [-0.1, -0.05) is 18.2 Å². The molecule has 0 bridgehead atoms. The number of rotatable bonds is 5. The van der Waals surface area contributed by atoms with E-state index in [4.69, 9.17) is 9.15 Å². The van der Waals surface area contributed by atoms with E-state index in [1.807, 2.05) is 55.5 Å². The zero-order valence-electron chi connectivity index (χ0n) is 15.6. The lowest BCUT2D eigenvalue weighted by molar-refractivity contribution is -0.115. The molecule has 140 valence electrons. The largest absolute Gasteiger partial charge is 0.494 e. The molecule has 4 rings (SSSR count). The van der Waals surface area contributed by atoms with Crippen molar-refractivity contribution >= 4 is 22.5 Å². The number of anilines is 1. The maximum Gasteiger partial charge on any atom is 0.230 e. The van der Waals surface area contributed by atoms with E-state index in [9.17, 15) is 4.79 Å². The van der Waals surface area contributed by atoms with Gasteiger partial charge in [-0.2, -0.15) is 0 Å². The molecule has 0 radical (unpaired) electrons. The van der Waals surface area contributed by atoms with Crippen LogP contribution < -0.4 is 10.1 Å². The molecule has 2 aromatic carbocycles. The summed E-state index contributed by atoms with van der Waals surface area (Å²) in [5.74, 6) is 1.63. The number of carbonyl (C=O) groups is 1. The Balaban J connectivity index is 1.56. The minimum absolute atomic E-state index is 0.121. The highest BCUT2D eigenvalue weighted by molar-refractivity contribution is 6.03. The average Bonchev–Trinajstić information content (AvgIpc) is 3.09. The van der Waals surface area contributed by atoms with Crippen molar-refractivity contribution in [3.05, 3.63) is 72.2 Å². The number of aryl methyl sites for hydroxylation is 1. The first-order chi connectivity index (χ1) is 13.7. The SMILES string of the molecule is COc1ccc(NC(=O)Cc2nc(-c3ccccc3)oc2C)c2cccnc12. The van der Waals surface area contributed by atoms with Gasteiger partial charge in [0.05, 0.1) is 24.9 Å². The number of benzene rings is 2. The van der Waals surface area contributed by atoms with E-state index >= 15 is 0 Å². The van der Waals surface area contributed by atoms with Crippen LogP contribution in [0.25, 0.3) is 22.4 Å². The molecule has 6 nitrogen and oxygen atoms in total. The highest BCUT2D eigenvalue weighted by Gasteiger charge is 2.16. The highest BCUT2D eigenvalue weighted by atomic mass is 16.5. The standard InChI is InChI=1S/C22H19N3O3/c1-14-18(25-22(28-14)15-7-4-3-5-8-15)13-20(26)24-17-10-11-19(27-2)21-16(17)9-6-12-23-21/h3-12H,13H2,1-2H3,(H,24,26). The highest BCUT2D eigenvalue weighted by Crippen LogP contribution is 2.30. The molecule has 0 saturated carbocycles. The van der Waals surface area contributed by atoms with Crippen molar-refractivity contribution in [3.8, 4) is 17.2 Å². The number of ether oxygens (including phenoxy) is 1. The molecule has 1 amide bonds. The van der Waals surface area contributed by atoms with E-state index in [-0.39, 0.29) is 12.3 Å². The fourth-order valence-corrected chi connectivity index (χ4v) is 3.06. The summed E-state index contributed by atoms with van der Waals surface area (Å²) in [4.78, 5) is 21.5. The van der Waals surface area contributed by atoms with Crippen LogP contribution in [-0.2, 0) is 11.2 Å². The first kappa shape index (κ1) is 17.7. The summed E-state index contributed by atoms with van der Waals surface area (Å²) in [6.07, 6.45) is 1.82. The van der Waals surface area contributed by atoms with Gasteiger partial charge in [0.2, 0.25) is 11.8 Å². The number of oxazole rings is 1. The molecule has 1 N–H and O–H groups in total. The second kappa shape index (κ2) is 7.52. The molecule has 6 heteroatoms. The Kier molecular flexibility index (Phi) is 4.76. The Morgan fingerprint density at radius 2 is 1.93 bits per heavy atom. The molecule has 0 spiro atoms. The lowest BCUT2D eigenvalue weighted by Gasteiger charge is -2.10. The van der Waals surface area contributed by atoms with E-state index < -0.39 is 0 Å². The summed E-state index contributed by atoms with van der Waals surface area (Å²) in [6, 6.07) is 16.9. The van der Waals surface area contributed by atoms with Crippen molar-refractivity contribution in [1.82, 2.24) is 9.97 Å². The third-order valence-electron chi connectivity index (χ3n) is 4.47. The minimum atomic E-state index is -0.175. The van der Waals surface area contributed by atoms with Gasteiger partial charge >= 0.3 is 0 Å². The van der Waals surface area contributed by atoms with E-state index in [1.165, 1.54) is 0 Å². The smallest absolute Gasteiger partial charge is 0.230 e. The van der Waals surface area contributed by atoms with Gasteiger partial charge in [0, 0.05) is 17.1 Å². The Morgan fingerprint density at radius 3 is 2.71 bits per heavy atom. The number of carbonyl (C=O) groups excluding carboxylic acids is 1. The molecule has 0 unspecified atom stereocenters. The zero-order chi connectivity index (χ0) is 19.5. The fraction of sp³-hybridized carbons (Fsp3) is 0.136. The van der Waals surface area contributed by atoms with Gasteiger partial charge in [-0.3, -0.25) is 9.78 Å². The zero-order valence-corrected chi connectivity index (χ0v) is 15.6. The second-order valence-corrected chi connectivity index (χ2v) is 6.33. The van der Waals surface area contributed by atoms with Crippen molar-refractivity contribution in [1.29, 1.82) is 0 Å². The van der Waals surface area contributed by atoms with Crippen LogP contribution in [0.4, 0.5) is 5.69 Å². The molecule has 0 atom stereocenters. The molecule has 0 aliphatic heterocycles. The second-order valence-electron chi connectivity index (χ2n) is 6.33. The molecule has 4 aromatic rings. The van der Waals surface area contributed by atoms with Crippen molar-refractivity contribution in [2.45, 2.75) is 13.3 Å². The lowest BCUT2D eigenvalue weighted by atomic mass is 10.1. The van der Waals surface area contributed by atoms with Crippen LogP contribution in [0.1, 0.15) is 11.5 Å². The van der Waals surface area contributed by atoms with Gasteiger partial charge in [0.25, 0.3) is 0 Å². The summed E-state index contributed by atoms with van der Waals surface area (Å²) in [7, 11) is 1.60. The van der Waals surface area contributed by atoms with Crippen LogP contribution >= 0.6 is 0 Å². The summed E-state index contributed by atoms with van der Waals surface area (Å²) < 4.78 is 11.1. The van der Waals surface area contributed by atoms with Crippen molar-refractivity contribution in [2.24, 2.45) is 0 Å². The summed E-state index contributed by atoms with van der Waals surface area (Å²) in [5.41, 5.74) is 2.88. The van der Waals surface area contributed by atoms with Crippen LogP contribution in [0.15, 0.2) is 65.2 Å². The average molecular weight is 373 g/mol. The number of nitrogens with one attached hydrogen (secondary N) is 1. The van der Waals surface area contributed by atoms with E-state index in [2.05, 4.69) is 15.3 Å². The number of nitrogens with zero attached hydrogens (tertiary/aromatic N) is 2. The van der Waals surface area contributed by atoms with Gasteiger partial charge in [0.15, 0.2) is 0 Å². The lowest BCUT2D eigenvalue weighted by Crippen LogP contribution is -2.15. The van der Waals surface area contributed by atoms with Crippen molar-refractivity contribution in [2.75, 3.05) is 12.4 Å². The number of aromatic nitrogens is 2. The Morgan fingerprint density at radius 1 is 1.11 bits per heavy atom. The van der Waals surface area contributed by atoms with Gasteiger partial charge in [-0.25, -0.2) is 4.98 Å². The monoisotopic (exact) mass is 373 g/mol. The van der Waals surface area contributed by atoms with Crippen LogP contribution in [0, 0.1) is 6.92 Å². The number of methoxy groups -OCH3 is 1. The van der Waals surface area contributed by atoms with E-state index in [0.29, 0.717) is 34.3 Å². The number of hydrogen-bond donors (Lipinski definition) is 1. The third-order valence-corrected chi connectivity index (χ3v) is 4.47. The Hall–Kier alpha value is -3.67. The van der Waals surface area contributed by atoms with Crippen LogP contribution in [-0.4, -0.2) is 23.0 Å². The fourth-order valence-electron chi connectivity index (χ4n) is 3.06. The Labute approximate surface area is 162 Å². The first-order valence-electron chi connectivity index (χ1n) is 8.89. The quantitative estimate of drug-likeness (QED) is 0.561. The molecule has 0 fully saturated rings. The third kappa shape index (κ3) is 3.44. The molecule has 2 aromatic heterocycles. The van der Waals surface area contributed by atoms with E-state index in [1.54, 1.807) is 19.4 Å². The normalized spacial score (nSPS) is 10.8. The summed E-state index contributed by atoms with van der Waals surface area (Å²) in [6.45, 7) is 1.81. The molecule has 28 heavy (non-hydrogen) atoms. The maximum atomic E-state index is 12.6. The minimum Gasteiger partial charge on any atom is -0.494 e. The molecule has 0 aliphatic rings. The first-order valence-corrected chi connectivity index (χ1v) is 8.89. The van der Waals surface area contributed by atoms with Gasteiger partial charge in [0.1, 0.15) is 17.0 Å². The summed E-state index contributed by atoms with van der Waals surface area (Å²) in [5, 5.41) is 3.76. The van der Waals surface area contributed by atoms with Crippen molar-refractivity contribution in [3.63, 3.8) is 0 Å². The molecular formula is C22H19N3O3. The number of hydrogen-bond acceptors (Lipinski definition) is 5. The van der Waals surface area contributed by atoms with Crippen LogP contribution in [0.3, 0.4) is 0 Å². The van der Waals surface area contributed by atoms with Gasteiger partial charge in [-0.15, -0.1) is 0 Å². The van der Waals surface area contributed by atoms with Crippen LogP contribution in [0.5, 0.6) is 5.75 Å². The number of amides is 1. The van der Waals surface area contributed by atoms with E-state index in [0.717, 1.165) is 10.9 Å². The maximum absolute atomic E-state index is 12.6. The Bertz CT molecular complexity index is 1140. The molecule has 0 aliphatic carbocycles. The number of fused-ring (bicyclic) bond motifs is 1. The summed E-state index contributed by atoms with van der Waals surface area (Å²) >= 11 is 0. The predicted molar refractivity (Wildman–Crippen MR) is 107 cm³/mol. The van der Waals surface area contributed by atoms with Crippen molar-refractivity contribution < 1.29 is 13.9 Å². The molecule has 0 saturated heterocycles. The predicted octanol–water partition coefficient (Wildman–Crippen LogP) is 4.39. The topological polar surface area (TPSA) is 77.2 Å². The number of pyridine rings is 1. The van der Waals surface area contributed by atoms with Crippen LogP contribution in [0.2, 0.25) is 0 Å².